The molecule has 2 aromatic carbocycles. The zero-order valence-electron chi connectivity index (χ0n) is 15.9. The van der Waals surface area contributed by atoms with Crippen LogP contribution in [0.5, 0.6) is 0 Å². The van der Waals surface area contributed by atoms with Crippen molar-refractivity contribution in [1.82, 2.24) is 9.80 Å². The maximum absolute atomic E-state index is 12.9. The Morgan fingerprint density at radius 1 is 0.933 bits per heavy atom. The van der Waals surface area contributed by atoms with Gasteiger partial charge in [-0.1, -0.05) is 35.3 Å². The Balaban J connectivity index is 1.54. The minimum atomic E-state index is -4.51. The molecule has 0 N–H and O–H groups in total. The second kappa shape index (κ2) is 9.27. The van der Waals surface area contributed by atoms with Crippen LogP contribution in [0.15, 0.2) is 42.5 Å². The first-order valence-electron chi connectivity index (χ1n) is 9.33. The summed E-state index contributed by atoms with van der Waals surface area (Å²) in [5, 5.41) is 1.03. The van der Waals surface area contributed by atoms with Crippen molar-refractivity contribution in [2.75, 3.05) is 26.2 Å². The van der Waals surface area contributed by atoms with Crippen molar-refractivity contribution in [3.8, 4) is 0 Å². The number of rotatable bonds is 4. The number of aryl methyl sites for hydroxylation is 1. The molecule has 0 aromatic heterocycles. The lowest BCUT2D eigenvalue weighted by atomic mass is 10.1. The Kier molecular flexibility index (Phi) is 6.93. The second-order valence-electron chi connectivity index (χ2n) is 6.99. The number of carbonyl (C=O) groups is 2. The summed E-state index contributed by atoms with van der Waals surface area (Å²) in [5.41, 5.74) is -0.0437. The molecule has 1 fully saturated rings. The quantitative estimate of drug-likeness (QED) is 0.651. The molecule has 160 valence electrons. The van der Waals surface area contributed by atoms with E-state index in [-0.39, 0.29) is 31.0 Å². The summed E-state index contributed by atoms with van der Waals surface area (Å²) >= 11 is 12.0. The highest BCUT2D eigenvalue weighted by Gasteiger charge is 2.32. The third-order valence-electron chi connectivity index (χ3n) is 4.98. The molecule has 1 aliphatic rings. The van der Waals surface area contributed by atoms with Gasteiger partial charge in [-0.25, -0.2) is 0 Å². The van der Waals surface area contributed by atoms with Gasteiger partial charge >= 0.3 is 6.18 Å². The largest absolute Gasteiger partial charge is 0.416 e. The smallest absolute Gasteiger partial charge is 0.339 e. The Labute approximate surface area is 182 Å². The Hall–Kier alpha value is -2.25. The molecule has 4 nitrogen and oxygen atoms in total. The van der Waals surface area contributed by atoms with E-state index in [2.05, 4.69) is 0 Å². The van der Waals surface area contributed by atoms with Gasteiger partial charge in [0.25, 0.3) is 5.91 Å². The van der Waals surface area contributed by atoms with Gasteiger partial charge in [0.1, 0.15) is 0 Å². The van der Waals surface area contributed by atoms with Gasteiger partial charge in [0.15, 0.2) is 0 Å². The van der Waals surface area contributed by atoms with Crippen LogP contribution in [0.25, 0.3) is 0 Å². The molecule has 0 saturated carbocycles. The number of nitrogens with zero attached hydrogens (tertiary/aromatic N) is 2. The highest BCUT2D eigenvalue weighted by Crippen LogP contribution is 2.30. The summed E-state index contributed by atoms with van der Waals surface area (Å²) < 4.78 is 38.6. The second-order valence-corrected chi connectivity index (χ2v) is 7.83. The predicted octanol–water partition coefficient (Wildman–Crippen LogP) is 4.93. The number of halogens is 5. The minimum absolute atomic E-state index is 0.0121. The van der Waals surface area contributed by atoms with Crippen LogP contribution in [0.4, 0.5) is 13.2 Å². The highest BCUT2D eigenvalue weighted by molar-refractivity contribution is 6.35. The normalized spacial score (nSPS) is 14.7. The SMILES string of the molecule is O=C(CCc1ccc(Cl)cc1Cl)N1CCN(C(=O)c2cccc(C(F)(F)F)c2)CC1. The van der Waals surface area contributed by atoms with Gasteiger partial charge in [-0.15, -0.1) is 0 Å². The summed E-state index contributed by atoms with van der Waals surface area (Å²) in [6.45, 7) is 1.20. The Bertz CT molecular complexity index is 942. The number of carbonyl (C=O) groups excluding carboxylic acids is 2. The monoisotopic (exact) mass is 458 g/mol. The average Bonchev–Trinajstić information content (AvgIpc) is 2.72. The van der Waals surface area contributed by atoms with Gasteiger partial charge in [-0.05, 0) is 42.3 Å². The van der Waals surface area contributed by atoms with Crippen LogP contribution < -0.4 is 0 Å². The minimum Gasteiger partial charge on any atom is -0.339 e. The fraction of sp³-hybridized carbons (Fsp3) is 0.333. The molecular weight excluding hydrogens is 440 g/mol. The first-order chi connectivity index (χ1) is 14.1. The maximum atomic E-state index is 12.9. The van der Waals surface area contributed by atoms with E-state index in [0.717, 1.165) is 17.7 Å². The molecule has 2 aromatic rings. The van der Waals surface area contributed by atoms with Crippen LogP contribution >= 0.6 is 23.2 Å². The number of benzene rings is 2. The van der Waals surface area contributed by atoms with Crippen molar-refractivity contribution in [3.05, 3.63) is 69.2 Å². The van der Waals surface area contributed by atoms with E-state index < -0.39 is 17.6 Å². The van der Waals surface area contributed by atoms with Crippen molar-refractivity contribution >= 4 is 35.0 Å². The highest BCUT2D eigenvalue weighted by atomic mass is 35.5. The van der Waals surface area contributed by atoms with Crippen molar-refractivity contribution in [2.24, 2.45) is 0 Å². The molecule has 30 heavy (non-hydrogen) atoms. The van der Waals surface area contributed by atoms with Crippen molar-refractivity contribution in [3.63, 3.8) is 0 Å². The molecule has 2 amide bonds. The summed E-state index contributed by atoms with van der Waals surface area (Å²) in [4.78, 5) is 28.2. The first-order valence-corrected chi connectivity index (χ1v) is 10.1. The molecule has 0 aliphatic carbocycles. The fourth-order valence-electron chi connectivity index (χ4n) is 3.29. The van der Waals surface area contributed by atoms with Crippen LogP contribution in [0, 0.1) is 0 Å². The average molecular weight is 459 g/mol. The van der Waals surface area contributed by atoms with E-state index in [1.165, 1.54) is 17.0 Å². The lowest BCUT2D eigenvalue weighted by molar-refractivity contribution is -0.137. The van der Waals surface area contributed by atoms with E-state index in [9.17, 15) is 22.8 Å². The lowest BCUT2D eigenvalue weighted by Gasteiger charge is -2.35. The number of alkyl halides is 3. The number of hydrogen-bond acceptors (Lipinski definition) is 2. The standard InChI is InChI=1S/C21H19Cl2F3N2O2/c22-17-6-4-14(18(23)13-17)5-7-19(29)27-8-10-28(11-9-27)20(30)15-2-1-3-16(12-15)21(24,25)26/h1-4,6,12-13H,5,7-11H2. The fourth-order valence-corrected chi connectivity index (χ4v) is 3.80. The summed E-state index contributed by atoms with van der Waals surface area (Å²) in [6, 6.07) is 9.49. The molecule has 1 aliphatic heterocycles. The maximum Gasteiger partial charge on any atom is 0.416 e. The molecule has 9 heteroatoms. The molecule has 0 spiro atoms. The van der Waals surface area contributed by atoms with E-state index in [1.807, 2.05) is 0 Å². The van der Waals surface area contributed by atoms with E-state index in [4.69, 9.17) is 23.2 Å². The lowest BCUT2D eigenvalue weighted by Crippen LogP contribution is -2.50. The predicted molar refractivity (Wildman–Crippen MR) is 109 cm³/mol. The number of amides is 2. The van der Waals surface area contributed by atoms with Gasteiger partial charge in [-0.3, -0.25) is 9.59 Å². The zero-order valence-corrected chi connectivity index (χ0v) is 17.4. The third-order valence-corrected chi connectivity index (χ3v) is 5.57. The van der Waals surface area contributed by atoms with Crippen LogP contribution in [0.2, 0.25) is 10.0 Å². The Morgan fingerprint density at radius 2 is 1.60 bits per heavy atom. The third kappa shape index (κ3) is 5.46. The van der Waals surface area contributed by atoms with Crippen LogP contribution in [0.1, 0.15) is 27.9 Å². The van der Waals surface area contributed by atoms with Gasteiger partial charge < -0.3 is 9.80 Å². The van der Waals surface area contributed by atoms with E-state index in [1.54, 1.807) is 23.1 Å². The van der Waals surface area contributed by atoms with Crippen molar-refractivity contribution < 1.29 is 22.8 Å². The number of hydrogen-bond donors (Lipinski definition) is 0. The number of piperazine rings is 1. The zero-order chi connectivity index (χ0) is 21.9. The Morgan fingerprint density at radius 3 is 2.23 bits per heavy atom. The molecular formula is C21H19Cl2F3N2O2. The van der Waals surface area contributed by atoms with Gasteiger partial charge in [0.05, 0.1) is 5.56 Å². The summed E-state index contributed by atoms with van der Waals surface area (Å²) in [6.07, 6.45) is -3.77. The molecule has 0 atom stereocenters. The first kappa shape index (κ1) is 22.4. The van der Waals surface area contributed by atoms with Crippen LogP contribution in [-0.2, 0) is 17.4 Å². The topological polar surface area (TPSA) is 40.6 Å². The molecule has 0 radical (unpaired) electrons. The van der Waals surface area contributed by atoms with Crippen LogP contribution in [-0.4, -0.2) is 47.8 Å². The molecule has 1 saturated heterocycles. The van der Waals surface area contributed by atoms with E-state index in [0.29, 0.717) is 29.6 Å². The van der Waals surface area contributed by atoms with Crippen LogP contribution in [0.3, 0.4) is 0 Å². The van der Waals surface area contributed by atoms with Gasteiger partial charge in [0.2, 0.25) is 5.91 Å². The van der Waals surface area contributed by atoms with Crippen molar-refractivity contribution in [2.45, 2.75) is 19.0 Å². The van der Waals surface area contributed by atoms with Crippen molar-refractivity contribution in [1.29, 1.82) is 0 Å². The molecule has 0 bridgehead atoms. The molecule has 0 unspecified atom stereocenters. The molecule has 1 heterocycles. The van der Waals surface area contributed by atoms with E-state index >= 15 is 0 Å². The van der Waals surface area contributed by atoms with Gasteiger partial charge in [0, 0.05) is 48.2 Å². The van der Waals surface area contributed by atoms with Gasteiger partial charge in [-0.2, -0.15) is 13.2 Å². The molecule has 3 rings (SSSR count). The summed E-state index contributed by atoms with van der Waals surface area (Å²) in [5.74, 6) is -0.534. The summed E-state index contributed by atoms with van der Waals surface area (Å²) in [7, 11) is 0.